The Morgan fingerprint density at radius 1 is 1.15 bits per heavy atom. The molecule has 0 aromatic carbocycles. The predicted octanol–water partition coefficient (Wildman–Crippen LogP) is 3.05. The van der Waals surface area contributed by atoms with E-state index in [2.05, 4.69) is 0 Å². The highest BCUT2D eigenvalue weighted by molar-refractivity contribution is 7.65. The molecule has 2 fully saturated rings. The van der Waals surface area contributed by atoms with Gasteiger partial charge in [-0.2, -0.15) is 0 Å². The topological polar surface area (TPSA) is 20.2 Å². The van der Waals surface area contributed by atoms with Crippen molar-refractivity contribution in [1.29, 1.82) is 0 Å². The number of hydrogen-bond donors (Lipinski definition) is 1. The molecule has 0 amide bonds. The molecule has 2 bridgehead atoms. The maximum absolute atomic E-state index is 9.16. The maximum atomic E-state index is 9.16. The summed E-state index contributed by atoms with van der Waals surface area (Å²) in [5, 5.41) is 9.16. The summed E-state index contributed by atoms with van der Waals surface area (Å²) in [7, 11) is 0. The number of aliphatic hydroxyl groups excluding tert-OH is 1. The van der Waals surface area contributed by atoms with Gasteiger partial charge in [0.25, 0.3) is 0 Å². The van der Waals surface area contributed by atoms with Crippen LogP contribution in [0.3, 0.4) is 0 Å². The lowest BCUT2D eigenvalue weighted by Crippen LogP contribution is -2.30. The van der Waals surface area contributed by atoms with E-state index >= 15 is 0 Å². The standard InChI is InChI=1S/C8H13Cl3OSi/c9-13(10,11)8-3-5-1-6(4-12)7(8)2-5/h5-8,12H,1-4H2. The van der Waals surface area contributed by atoms with E-state index in [1.165, 1.54) is 6.42 Å². The van der Waals surface area contributed by atoms with Gasteiger partial charge in [-0.05, 0) is 42.6 Å². The van der Waals surface area contributed by atoms with Crippen LogP contribution in [0.1, 0.15) is 19.3 Å². The van der Waals surface area contributed by atoms with Gasteiger partial charge < -0.3 is 5.11 Å². The first-order chi connectivity index (χ1) is 6.02. The smallest absolute Gasteiger partial charge is 0.344 e. The molecule has 0 aliphatic heterocycles. The van der Waals surface area contributed by atoms with Gasteiger partial charge in [-0.1, -0.05) is 0 Å². The first-order valence-electron chi connectivity index (χ1n) is 4.70. The largest absolute Gasteiger partial charge is 0.396 e. The molecule has 0 aromatic rings. The maximum Gasteiger partial charge on any atom is 0.344 e. The first-order valence-corrected chi connectivity index (χ1v) is 9.81. The molecule has 2 aliphatic rings. The summed E-state index contributed by atoms with van der Waals surface area (Å²) < 4.78 is 0. The van der Waals surface area contributed by atoms with Crippen molar-refractivity contribution in [2.75, 3.05) is 6.61 Å². The second kappa shape index (κ2) is 3.56. The molecule has 2 rings (SSSR count). The van der Waals surface area contributed by atoms with Crippen molar-refractivity contribution in [3.05, 3.63) is 0 Å². The molecule has 1 N–H and O–H groups in total. The Morgan fingerprint density at radius 3 is 2.31 bits per heavy atom. The monoisotopic (exact) mass is 258 g/mol. The molecule has 76 valence electrons. The van der Waals surface area contributed by atoms with E-state index in [0.717, 1.165) is 18.8 Å². The number of aliphatic hydroxyl groups is 1. The van der Waals surface area contributed by atoms with Crippen LogP contribution in [-0.2, 0) is 0 Å². The van der Waals surface area contributed by atoms with Crippen molar-refractivity contribution in [2.45, 2.75) is 24.8 Å². The van der Waals surface area contributed by atoms with Gasteiger partial charge in [-0.3, -0.25) is 0 Å². The zero-order valence-corrected chi connectivity index (χ0v) is 10.5. The SMILES string of the molecule is OCC1CC2CC1C([Si](Cl)(Cl)Cl)C2. The molecular weight excluding hydrogens is 247 g/mol. The highest BCUT2D eigenvalue weighted by Crippen LogP contribution is 2.60. The van der Waals surface area contributed by atoms with E-state index in [9.17, 15) is 0 Å². The third-order valence-electron chi connectivity index (χ3n) is 3.61. The summed E-state index contributed by atoms with van der Waals surface area (Å²) in [6.07, 6.45) is 3.41. The van der Waals surface area contributed by atoms with Crippen molar-refractivity contribution >= 4 is 39.2 Å². The molecule has 0 saturated heterocycles. The highest BCUT2D eigenvalue weighted by Gasteiger charge is 2.54. The molecule has 5 heteroatoms. The predicted molar refractivity (Wildman–Crippen MR) is 58.5 cm³/mol. The lowest BCUT2D eigenvalue weighted by Gasteiger charge is -2.31. The summed E-state index contributed by atoms with van der Waals surface area (Å²) in [5.41, 5.74) is 0.299. The Hall–Kier alpha value is 1.05. The molecule has 2 aliphatic carbocycles. The third-order valence-corrected chi connectivity index (χ3v) is 7.63. The van der Waals surface area contributed by atoms with Crippen LogP contribution in [0, 0.1) is 17.8 Å². The summed E-state index contributed by atoms with van der Waals surface area (Å²) in [6, 6.07) is -2.53. The van der Waals surface area contributed by atoms with Gasteiger partial charge in [0.2, 0.25) is 0 Å². The Balaban J connectivity index is 2.10. The summed E-state index contributed by atoms with van der Waals surface area (Å²) in [6.45, 7) is 0.271. The fourth-order valence-electron chi connectivity index (χ4n) is 3.08. The second-order valence-electron chi connectivity index (χ2n) is 4.33. The lowest BCUT2D eigenvalue weighted by molar-refractivity contribution is 0.177. The zero-order valence-electron chi connectivity index (χ0n) is 7.22. The van der Waals surface area contributed by atoms with Crippen LogP contribution in [0.2, 0.25) is 5.54 Å². The quantitative estimate of drug-likeness (QED) is 0.597. The Morgan fingerprint density at radius 2 is 1.85 bits per heavy atom. The fourth-order valence-corrected chi connectivity index (χ4v) is 6.83. The Labute approximate surface area is 93.5 Å². The lowest BCUT2D eigenvalue weighted by atomic mass is 9.89. The van der Waals surface area contributed by atoms with E-state index in [1.807, 2.05) is 0 Å². The fraction of sp³-hybridized carbons (Fsp3) is 1.00. The number of halogens is 3. The summed E-state index contributed by atoms with van der Waals surface area (Å²) in [5.74, 6) is 1.62. The average molecular weight is 260 g/mol. The molecule has 13 heavy (non-hydrogen) atoms. The molecular formula is C8H13Cl3OSi. The van der Waals surface area contributed by atoms with Crippen molar-refractivity contribution < 1.29 is 5.11 Å². The van der Waals surface area contributed by atoms with E-state index < -0.39 is 6.00 Å². The average Bonchev–Trinajstić information content (AvgIpc) is 2.59. The molecule has 0 heterocycles. The van der Waals surface area contributed by atoms with Gasteiger partial charge in [-0.25, -0.2) is 0 Å². The molecule has 2 saturated carbocycles. The molecule has 1 nitrogen and oxygen atoms in total. The van der Waals surface area contributed by atoms with Crippen LogP contribution in [0.15, 0.2) is 0 Å². The van der Waals surface area contributed by atoms with Crippen LogP contribution in [0.5, 0.6) is 0 Å². The minimum atomic E-state index is -2.53. The van der Waals surface area contributed by atoms with Gasteiger partial charge in [-0.15, -0.1) is 33.2 Å². The van der Waals surface area contributed by atoms with Gasteiger partial charge >= 0.3 is 6.00 Å². The van der Waals surface area contributed by atoms with E-state index in [4.69, 9.17) is 38.3 Å². The van der Waals surface area contributed by atoms with E-state index in [0.29, 0.717) is 17.4 Å². The minimum absolute atomic E-state index is 0.271. The Kier molecular flexibility index (Phi) is 2.90. The van der Waals surface area contributed by atoms with Crippen LogP contribution < -0.4 is 0 Å². The minimum Gasteiger partial charge on any atom is -0.396 e. The van der Waals surface area contributed by atoms with E-state index in [-0.39, 0.29) is 6.61 Å². The number of hydrogen-bond acceptors (Lipinski definition) is 1. The molecule has 0 aromatic heterocycles. The van der Waals surface area contributed by atoms with Crippen molar-refractivity contribution in [3.8, 4) is 0 Å². The van der Waals surface area contributed by atoms with Crippen LogP contribution in [0.25, 0.3) is 0 Å². The third kappa shape index (κ3) is 1.89. The Bertz CT molecular complexity index is 206. The van der Waals surface area contributed by atoms with Crippen molar-refractivity contribution in [3.63, 3.8) is 0 Å². The van der Waals surface area contributed by atoms with Crippen LogP contribution in [-0.4, -0.2) is 17.7 Å². The highest BCUT2D eigenvalue weighted by atomic mass is 35.8. The molecule has 0 spiro atoms. The van der Waals surface area contributed by atoms with Crippen molar-refractivity contribution in [1.82, 2.24) is 0 Å². The molecule has 4 unspecified atom stereocenters. The van der Waals surface area contributed by atoms with Gasteiger partial charge in [0.05, 0.1) is 0 Å². The van der Waals surface area contributed by atoms with Gasteiger partial charge in [0, 0.05) is 6.61 Å². The van der Waals surface area contributed by atoms with Gasteiger partial charge in [0.15, 0.2) is 0 Å². The second-order valence-corrected chi connectivity index (χ2v) is 13.3. The summed E-state index contributed by atoms with van der Waals surface area (Å²) >= 11 is 18.1. The van der Waals surface area contributed by atoms with E-state index in [1.54, 1.807) is 0 Å². The zero-order chi connectivity index (χ0) is 9.64. The normalized spacial score (nSPS) is 44.3. The van der Waals surface area contributed by atoms with Crippen LogP contribution >= 0.6 is 33.2 Å². The van der Waals surface area contributed by atoms with Gasteiger partial charge in [0.1, 0.15) is 0 Å². The molecule has 4 atom stereocenters. The molecule has 0 radical (unpaired) electrons. The first kappa shape index (κ1) is 10.6. The van der Waals surface area contributed by atoms with Crippen molar-refractivity contribution in [2.24, 2.45) is 17.8 Å². The van der Waals surface area contributed by atoms with Crippen LogP contribution in [0.4, 0.5) is 0 Å². The number of fused-ring (bicyclic) bond motifs is 2. The number of rotatable bonds is 2. The summed E-state index contributed by atoms with van der Waals surface area (Å²) in [4.78, 5) is 0.